The van der Waals surface area contributed by atoms with Gasteiger partial charge in [0.05, 0.1) is 53.0 Å². The van der Waals surface area contributed by atoms with Crippen molar-refractivity contribution in [2.24, 2.45) is 0 Å². The van der Waals surface area contributed by atoms with E-state index in [0.717, 1.165) is 115 Å². The number of piperazine rings is 3. The van der Waals surface area contributed by atoms with Crippen LogP contribution in [0.1, 0.15) is 106 Å². The first-order valence-electron chi connectivity index (χ1n) is 40.6. The van der Waals surface area contributed by atoms with Crippen molar-refractivity contribution in [1.29, 1.82) is 0 Å². The maximum absolute atomic E-state index is 18.9. The molecule has 6 aliphatic heterocycles. The van der Waals surface area contributed by atoms with E-state index >= 15 is 26.7 Å². The van der Waals surface area contributed by atoms with E-state index in [1.807, 2.05) is 35.1 Å². The quantitative estimate of drug-likeness (QED) is 0.0671. The van der Waals surface area contributed by atoms with E-state index < -0.39 is 52.6 Å². The van der Waals surface area contributed by atoms with Gasteiger partial charge in [0.15, 0.2) is 29.1 Å². The summed E-state index contributed by atoms with van der Waals surface area (Å²) in [5.41, 5.74) is 2.97. The van der Waals surface area contributed by atoms with Crippen LogP contribution in [0.5, 0.6) is 5.75 Å². The van der Waals surface area contributed by atoms with Gasteiger partial charge in [-0.3, -0.25) is 24.3 Å². The summed E-state index contributed by atoms with van der Waals surface area (Å²) in [6, 6.07) is 16.2. The van der Waals surface area contributed by atoms with Crippen LogP contribution >= 0.6 is 0 Å². The number of nitrogens with zero attached hydrogens (tertiary/aromatic N) is 20. The number of fused-ring (bicyclic) bond motifs is 18. The number of rotatable bonds is 13. The molecule has 3 saturated heterocycles. The largest absolute Gasteiger partial charge is 0.493 e. The molecule has 33 heteroatoms. The fourth-order valence-electron chi connectivity index (χ4n) is 17.7. The van der Waals surface area contributed by atoms with E-state index in [4.69, 9.17) is 44.6 Å². The average molecular weight is 1610 g/mol. The van der Waals surface area contributed by atoms with Gasteiger partial charge in [0.25, 0.3) is 0 Å². The number of hydrogen-bond acceptors (Lipinski definition) is 23. The maximum Gasteiger partial charge on any atom is 0.229 e. The van der Waals surface area contributed by atoms with Crippen LogP contribution in [0.4, 0.5) is 68.6 Å². The van der Waals surface area contributed by atoms with E-state index in [2.05, 4.69) is 91.7 Å². The van der Waals surface area contributed by atoms with Crippen LogP contribution in [-0.4, -0.2) is 215 Å². The summed E-state index contributed by atoms with van der Waals surface area (Å²) in [5.74, 6) is -2.82. The van der Waals surface area contributed by atoms with Crippen molar-refractivity contribution in [2.45, 2.75) is 118 Å². The zero-order chi connectivity index (χ0) is 81.4. The zero-order valence-electron chi connectivity index (χ0n) is 66.9. The highest BCUT2D eigenvalue weighted by atomic mass is 19.1. The van der Waals surface area contributed by atoms with Crippen molar-refractivity contribution in [3.63, 3.8) is 0 Å². The molecule has 2 amide bonds. The van der Waals surface area contributed by atoms with E-state index in [9.17, 15) is 4.79 Å². The third-order valence-corrected chi connectivity index (χ3v) is 24.0. The van der Waals surface area contributed by atoms with Gasteiger partial charge in [0, 0.05) is 223 Å². The number of anilines is 8. The smallest absolute Gasteiger partial charge is 0.229 e. The van der Waals surface area contributed by atoms with Crippen molar-refractivity contribution >= 4 is 91.5 Å². The molecule has 0 saturated carbocycles. The van der Waals surface area contributed by atoms with Gasteiger partial charge in [0.1, 0.15) is 63.0 Å². The summed E-state index contributed by atoms with van der Waals surface area (Å²) in [4.78, 5) is 96.8. The molecule has 0 radical (unpaired) electrons. The van der Waals surface area contributed by atoms with Gasteiger partial charge in [-0.25, -0.2) is 76.8 Å². The second-order valence-corrected chi connectivity index (χ2v) is 32.2. The van der Waals surface area contributed by atoms with Gasteiger partial charge in [-0.1, -0.05) is 32.9 Å². The normalized spacial score (nSPS) is 18.5. The lowest BCUT2D eigenvalue weighted by molar-refractivity contribution is -0.118. The number of ether oxygens (including phenoxy) is 1. The molecule has 0 spiro atoms. The molecule has 12 aromatic rings. The summed E-state index contributed by atoms with van der Waals surface area (Å²) in [7, 11) is 0. The molecule has 9 aromatic heterocycles. The highest BCUT2D eigenvalue weighted by Gasteiger charge is 2.35. The molecule has 0 aliphatic carbocycles. The van der Waals surface area contributed by atoms with Crippen LogP contribution in [0.3, 0.4) is 0 Å². The monoisotopic (exact) mass is 1610 g/mol. The Kier molecular flexibility index (Phi) is 21.1. The van der Waals surface area contributed by atoms with Crippen LogP contribution in [-0.2, 0) is 47.6 Å². The minimum absolute atomic E-state index is 0.00698. The molecule has 2 atom stereocenters. The summed E-state index contributed by atoms with van der Waals surface area (Å²) >= 11 is 0. The van der Waals surface area contributed by atoms with E-state index in [1.165, 1.54) is 12.1 Å². The minimum Gasteiger partial charge on any atom is -0.493 e. The molecule has 6 aliphatic rings. The fourth-order valence-corrected chi connectivity index (χ4v) is 17.7. The number of aryl methyl sites for hydroxylation is 2. The lowest BCUT2D eigenvalue weighted by atomic mass is 9.98. The summed E-state index contributed by atoms with van der Waals surface area (Å²) < 4.78 is 100. The minimum atomic E-state index is -1.00. The number of benzene rings is 3. The summed E-state index contributed by atoms with van der Waals surface area (Å²) in [5, 5.41) is 16.8. The number of halogens is 5. The van der Waals surface area contributed by atoms with Crippen LogP contribution < -0.4 is 31.3 Å². The lowest BCUT2D eigenvalue weighted by Gasteiger charge is -2.34. The van der Waals surface area contributed by atoms with Gasteiger partial charge in [0.2, 0.25) is 29.7 Å². The topological polar surface area (TPSA) is 280 Å². The standard InChI is InChI=1S/C85H92F5N25O3/c1-8-107-16-22-110(23-17-107)45-54-41-91-70-37-62(54)97-73(116)36-58(35-65-76(90)79-53-30-60(87)81-68(33-53)115(49(5)96-81)85(6,7)40-74(117)98-63-38-71(103-84(100-65)106-79)92-42-55(63)46-111-24-18-108(9-2)19-25-111)113-15-13-50-11-12-51(31-66(50)113)78-75(89)64(99-83(102-70)105-78)34-57-14-28-118-69-39-72(93-43-56(69)47-112-26-20-109(10-3)21-27-112)101-82-94-44-61(88)77(104-82)52-29-59(86)80-67(32-52)114(57)48(4)95-80/h11-13,15,29-33,37-39,41-44,57-58H,8-10,14,16-28,34-36,40,45-47H2,1-7H3,(H,97,116)(H,98,117)(H,91,99,102,105)(H,92,100,103,106)(H,93,94,101,104). The van der Waals surface area contributed by atoms with Crippen LogP contribution in [0, 0.1) is 42.9 Å². The molecule has 28 nitrogen and oxygen atoms in total. The van der Waals surface area contributed by atoms with Gasteiger partial charge < -0.3 is 59.7 Å². The van der Waals surface area contributed by atoms with E-state index in [1.54, 1.807) is 85.7 Å². The van der Waals surface area contributed by atoms with Crippen LogP contribution in [0.15, 0.2) is 97.7 Å². The van der Waals surface area contributed by atoms with Crippen LogP contribution in [0.25, 0.3) is 66.7 Å². The SMILES string of the molecule is CCN1CCN(Cc2cnc3cc2NC(=O)CC(Cc2nc4nc(c2F)-c2cc(F)c5nc(C)n(c5c2)C(C)(C)CC(=O)Nc2cc(ncc2CN2CCN(CC)CC2)N4)n2ccc4ccc(cc42)-c2nc(nc(CC4CCOc5cc(ncc5CN5CCN(CC)CC5)Nc5ncc(F)c(n5)-c5cc(F)c6nc(C)n4c6c5)c2F)N3)CC1. The number of carbonyl (C=O) groups excluding carboxylic acids is 2. The molecular formula is C85H92F5N25O3. The maximum atomic E-state index is 18.9. The Labute approximate surface area is 677 Å². The molecule has 118 heavy (non-hydrogen) atoms. The Morgan fingerprint density at radius 3 is 1.56 bits per heavy atom. The van der Waals surface area contributed by atoms with Crippen LogP contribution in [0.2, 0.25) is 0 Å². The molecule has 15 heterocycles. The molecule has 3 aromatic carbocycles. The predicted octanol–water partition coefficient (Wildman–Crippen LogP) is 12.6. The van der Waals surface area contributed by atoms with Crippen molar-refractivity contribution < 1.29 is 36.3 Å². The number of imidazole rings is 2. The number of carbonyl (C=O) groups is 2. The lowest BCUT2D eigenvalue weighted by Crippen LogP contribution is -2.45. The van der Waals surface area contributed by atoms with E-state index in [0.29, 0.717) is 81.8 Å². The molecule has 3 fully saturated rings. The predicted molar refractivity (Wildman–Crippen MR) is 440 cm³/mol. The number of hydrogen-bond donors (Lipinski definition) is 5. The summed E-state index contributed by atoms with van der Waals surface area (Å²) in [6.07, 6.45) is 7.36. The van der Waals surface area contributed by atoms with Crippen molar-refractivity contribution in [2.75, 3.05) is 131 Å². The Bertz CT molecular complexity index is 5910. The Morgan fingerprint density at radius 2 is 0.958 bits per heavy atom. The second kappa shape index (κ2) is 32.0. The number of pyridine rings is 3. The average Bonchev–Trinajstić information content (AvgIpc) is 1.59. The highest BCUT2D eigenvalue weighted by molar-refractivity contribution is 5.95. The number of amides is 2. The van der Waals surface area contributed by atoms with Gasteiger partial charge in [-0.2, -0.15) is 0 Å². The fraction of sp³-hybridized carbons (Fsp3) is 0.400. The van der Waals surface area contributed by atoms with Crippen molar-refractivity contribution in [3.05, 3.63) is 167 Å². The Balaban J connectivity index is 0.764. The van der Waals surface area contributed by atoms with Crippen molar-refractivity contribution in [1.82, 2.24) is 97.9 Å². The van der Waals surface area contributed by atoms with E-state index in [-0.39, 0.29) is 130 Å². The molecule has 5 N–H and O–H groups in total. The number of likely N-dealkylation sites (N-methyl/N-ethyl adjacent to an activating group) is 3. The molecule has 18 bridgehead atoms. The van der Waals surface area contributed by atoms with Gasteiger partial charge in [-0.05, 0) is 89.1 Å². The third-order valence-electron chi connectivity index (χ3n) is 24.0. The molecule has 18 rings (SSSR count). The molecular weight excluding hydrogens is 1510 g/mol. The second-order valence-electron chi connectivity index (χ2n) is 32.2. The van der Waals surface area contributed by atoms with Gasteiger partial charge >= 0.3 is 0 Å². The Morgan fingerprint density at radius 1 is 0.466 bits per heavy atom. The van der Waals surface area contributed by atoms with Crippen molar-refractivity contribution in [3.8, 4) is 39.5 Å². The third kappa shape index (κ3) is 15.6. The van der Waals surface area contributed by atoms with Gasteiger partial charge in [-0.15, -0.1) is 0 Å². The zero-order valence-corrected chi connectivity index (χ0v) is 66.9. The first kappa shape index (κ1) is 77.6. The molecule has 2 unspecified atom stereocenters. The number of nitrogens with one attached hydrogen (secondary N) is 5. The summed E-state index contributed by atoms with van der Waals surface area (Å²) in [6.45, 7) is 28.0. The molecule has 610 valence electrons. The Hall–Kier alpha value is -11.6. The number of aromatic nitrogens is 14. The first-order valence-corrected chi connectivity index (χ1v) is 40.6. The first-order chi connectivity index (χ1) is 57.1. The highest BCUT2D eigenvalue weighted by Crippen LogP contribution is 2.41.